The molecule has 6 nitrogen and oxygen atoms in total. The van der Waals surface area contributed by atoms with E-state index in [-0.39, 0.29) is 18.1 Å². The van der Waals surface area contributed by atoms with Gasteiger partial charge in [0.25, 0.3) is 0 Å². The minimum Gasteiger partial charge on any atom is -0.462 e. The molecule has 116 valence electrons. The molecule has 2 rings (SSSR count). The lowest BCUT2D eigenvalue weighted by molar-refractivity contribution is 0.0526. The Hall–Kier alpha value is -2.41. The molecular weight excluding hydrogens is 302 g/mol. The number of benzene rings is 1. The number of aryl methyl sites for hydroxylation is 1. The van der Waals surface area contributed by atoms with Gasteiger partial charge in [0, 0.05) is 6.54 Å². The molecule has 0 spiro atoms. The third kappa shape index (κ3) is 4.05. The minimum atomic E-state index is -0.491. The first-order valence-electron chi connectivity index (χ1n) is 6.84. The molecule has 0 aliphatic carbocycles. The number of thiocarbonyl (C=S) groups is 1. The topological polar surface area (TPSA) is 76.4 Å². The van der Waals surface area contributed by atoms with Crippen LogP contribution in [0.3, 0.4) is 0 Å². The number of carbonyl (C=O) groups excluding carboxylic acids is 1. The number of hydrogen-bond donors (Lipinski definition) is 2. The quantitative estimate of drug-likeness (QED) is 0.648. The number of aromatic nitrogens is 1. The van der Waals surface area contributed by atoms with Gasteiger partial charge in [0.1, 0.15) is 5.56 Å². The lowest BCUT2D eigenvalue weighted by atomic mass is 10.2. The SMILES string of the molecule is CCOC(=O)c1c(C)noc1NC(=S)NCc1ccccc1. The van der Waals surface area contributed by atoms with E-state index in [1.165, 1.54) is 0 Å². The van der Waals surface area contributed by atoms with Crippen molar-refractivity contribution in [1.82, 2.24) is 10.5 Å². The standard InChI is InChI=1S/C15H17N3O3S/c1-3-20-14(19)12-10(2)18-21-13(12)17-15(22)16-9-11-7-5-4-6-8-11/h4-8H,3,9H2,1-2H3,(H2,16,17,22). The number of ether oxygens (including phenoxy) is 1. The predicted molar refractivity (Wildman–Crippen MR) is 86.7 cm³/mol. The Labute approximate surface area is 133 Å². The predicted octanol–water partition coefficient (Wildman–Crippen LogP) is 2.65. The van der Waals surface area contributed by atoms with Crippen LogP contribution in [-0.4, -0.2) is 22.8 Å². The highest BCUT2D eigenvalue weighted by Gasteiger charge is 2.22. The Morgan fingerprint density at radius 2 is 2.09 bits per heavy atom. The molecule has 0 saturated carbocycles. The summed E-state index contributed by atoms with van der Waals surface area (Å²) in [5.74, 6) is -0.309. The van der Waals surface area contributed by atoms with Crippen LogP contribution in [-0.2, 0) is 11.3 Å². The first-order valence-corrected chi connectivity index (χ1v) is 7.24. The molecule has 2 aromatic rings. The maximum Gasteiger partial charge on any atom is 0.345 e. The van der Waals surface area contributed by atoms with Crippen molar-refractivity contribution in [2.45, 2.75) is 20.4 Å². The van der Waals surface area contributed by atoms with E-state index in [9.17, 15) is 4.79 Å². The van der Waals surface area contributed by atoms with Crippen molar-refractivity contribution in [3.05, 3.63) is 47.2 Å². The van der Waals surface area contributed by atoms with Gasteiger partial charge in [-0.05, 0) is 31.6 Å². The van der Waals surface area contributed by atoms with Crippen LogP contribution < -0.4 is 10.6 Å². The van der Waals surface area contributed by atoms with Gasteiger partial charge < -0.3 is 19.9 Å². The van der Waals surface area contributed by atoms with Crippen molar-refractivity contribution < 1.29 is 14.1 Å². The number of nitrogens with one attached hydrogen (secondary N) is 2. The fourth-order valence-corrected chi connectivity index (χ4v) is 1.99. The fourth-order valence-electron chi connectivity index (χ4n) is 1.82. The van der Waals surface area contributed by atoms with Crippen LogP contribution in [0.5, 0.6) is 0 Å². The van der Waals surface area contributed by atoms with Crippen molar-refractivity contribution in [3.63, 3.8) is 0 Å². The summed E-state index contributed by atoms with van der Waals surface area (Å²) in [5, 5.41) is 9.97. The van der Waals surface area contributed by atoms with Crippen LogP contribution >= 0.6 is 12.2 Å². The molecule has 0 aliphatic heterocycles. The number of rotatable bonds is 5. The van der Waals surface area contributed by atoms with Crippen molar-refractivity contribution in [2.24, 2.45) is 0 Å². The average Bonchev–Trinajstić information content (AvgIpc) is 2.87. The number of esters is 1. The van der Waals surface area contributed by atoms with Crippen molar-refractivity contribution >= 4 is 29.2 Å². The molecule has 2 N–H and O–H groups in total. The molecule has 0 fully saturated rings. The minimum absolute atomic E-state index is 0.182. The van der Waals surface area contributed by atoms with Gasteiger partial charge in [0.05, 0.1) is 12.3 Å². The zero-order valence-electron chi connectivity index (χ0n) is 12.4. The summed E-state index contributed by atoms with van der Waals surface area (Å²) in [7, 11) is 0. The van der Waals surface area contributed by atoms with Crippen molar-refractivity contribution in [1.29, 1.82) is 0 Å². The zero-order valence-corrected chi connectivity index (χ0v) is 13.2. The van der Waals surface area contributed by atoms with Crippen LogP contribution in [0, 0.1) is 6.92 Å². The molecule has 0 radical (unpaired) electrons. The Kier molecular flexibility index (Phi) is 5.48. The molecule has 1 aromatic carbocycles. The highest BCUT2D eigenvalue weighted by molar-refractivity contribution is 7.80. The van der Waals surface area contributed by atoms with Gasteiger partial charge >= 0.3 is 5.97 Å². The smallest absolute Gasteiger partial charge is 0.345 e. The molecule has 0 aliphatic rings. The second kappa shape index (κ2) is 7.56. The third-order valence-electron chi connectivity index (χ3n) is 2.87. The van der Waals surface area contributed by atoms with Gasteiger partial charge in [-0.15, -0.1) is 0 Å². The van der Waals surface area contributed by atoms with Gasteiger partial charge in [0.2, 0.25) is 5.88 Å². The van der Waals surface area contributed by atoms with Gasteiger partial charge in [-0.3, -0.25) is 0 Å². The van der Waals surface area contributed by atoms with E-state index in [0.717, 1.165) is 5.56 Å². The van der Waals surface area contributed by atoms with Crippen LogP contribution in [0.2, 0.25) is 0 Å². The van der Waals surface area contributed by atoms with Crippen molar-refractivity contribution in [3.8, 4) is 0 Å². The zero-order chi connectivity index (χ0) is 15.9. The lowest BCUT2D eigenvalue weighted by Crippen LogP contribution is -2.28. The molecule has 0 saturated heterocycles. The molecule has 0 bridgehead atoms. The number of carbonyl (C=O) groups is 1. The summed E-state index contributed by atoms with van der Waals surface area (Å²) in [6, 6.07) is 9.82. The Morgan fingerprint density at radius 1 is 1.36 bits per heavy atom. The average molecular weight is 319 g/mol. The van der Waals surface area contributed by atoms with E-state index in [1.807, 2.05) is 30.3 Å². The third-order valence-corrected chi connectivity index (χ3v) is 3.11. The second-order valence-corrected chi connectivity index (χ2v) is 4.89. The van der Waals surface area contributed by atoms with E-state index in [0.29, 0.717) is 17.4 Å². The molecular formula is C15H17N3O3S. The maximum atomic E-state index is 11.9. The summed E-state index contributed by atoms with van der Waals surface area (Å²) >= 11 is 5.19. The molecule has 1 heterocycles. The van der Waals surface area contributed by atoms with E-state index < -0.39 is 5.97 Å². The first kappa shape index (κ1) is 16.0. The largest absolute Gasteiger partial charge is 0.462 e. The lowest BCUT2D eigenvalue weighted by Gasteiger charge is -2.09. The Bertz CT molecular complexity index is 655. The monoisotopic (exact) mass is 319 g/mol. The first-order chi connectivity index (χ1) is 10.6. The van der Waals surface area contributed by atoms with Crippen LogP contribution in [0.1, 0.15) is 28.5 Å². The summed E-state index contributed by atoms with van der Waals surface area (Å²) < 4.78 is 10.1. The van der Waals surface area contributed by atoms with E-state index in [2.05, 4.69) is 15.8 Å². The molecule has 0 atom stereocenters. The molecule has 22 heavy (non-hydrogen) atoms. The van der Waals surface area contributed by atoms with Gasteiger partial charge in [0.15, 0.2) is 5.11 Å². The maximum absolute atomic E-state index is 11.9. The van der Waals surface area contributed by atoms with Gasteiger partial charge in [-0.25, -0.2) is 4.79 Å². The van der Waals surface area contributed by atoms with Crippen LogP contribution in [0.15, 0.2) is 34.9 Å². The molecule has 0 unspecified atom stereocenters. The highest BCUT2D eigenvalue weighted by Crippen LogP contribution is 2.20. The molecule has 7 heteroatoms. The summed E-state index contributed by atoms with van der Waals surface area (Å²) in [5.41, 5.74) is 1.79. The van der Waals surface area contributed by atoms with Crippen molar-refractivity contribution in [2.75, 3.05) is 11.9 Å². The summed E-state index contributed by atoms with van der Waals surface area (Å²) in [6.07, 6.45) is 0. The normalized spacial score (nSPS) is 10.1. The Morgan fingerprint density at radius 3 is 2.77 bits per heavy atom. The van der Waals surface area contributed by atoms with Crippen LogP contribution in [0.25, 0.3) is 0 Å². The molecule has 1 aromatic heterocycles. The summed E-state index contributed by atoms with van der Waals surface area (Å²) in [6.45, 7) is 4.25. The number of nitrogens with zero attached hydrogens (tertiary/aromatic N) is 1. The van der Waals surface area contributed by atoms with E-state index >= 15 is 0 Å². The van der Waals surface area contributed by atoms with Crippen LogP contribution in [0.4, 0.5) is 5.88 Å². The van der Waals surface area contributed by atoms with Gasteiger partial charge in [-0.1, -0.05) is 35.5 Å². The molecule has 0 amide bonds. The van der Waals surface area contributed by atoms with Gasteiger partial charge in [-0.2, -0.15) is 0 Å². The number of hydrogen-bond acceptors (Lipinski definition) is 5. The van der Waals surface area contributed by atoms with E-state index in [1.54, 1.807) is 13.8 Å². The number of anilines is 1. The summed E-state index contributed by atoms with van der Waals surface area (Å²) in [4.78, 5) is 11.9. The Balaban J connectivity index is 1.98. The fraction of sp³-hybridized carbons (Fsp3) is 0.267. The second-order valence-electron chi connectivity index (χ2n) is 4.49. The highest BCUT2D eigenvalue weighted by atomic mass is 32.1. The van der Waals surface area contributed by atoms with E-state index in [4.69, 9.17) is 21.5 Å².